The molecule has 7 heteroatoms. The summed E-state index contributed by atoms with van der Waals surface area (Å²) in [5, 5.41) is 3.29. The second kappa shape index (κ2) is 5.09. The van der Waals surface area contributed by atoms with E-state index < -0.39 is 12.8 Å². The third-order valence-electron chi connectivity index (χ3n) is 2.58. The minimum absolute atomic E-state index is 0.236. The molecule has 100 valence electrons. The lowest BCUT2D eigenvalue weighted by Crippen LogP contribution is -2.21. The number of ether oxygens (including phenoxy) is 1. The van der Waals surface area contributed by atoms with E-state index in [9.17, 15) is 13.2 Å². The fourth-order valence-corrected chi connectivity index (χ4v) is 1.40. The number of hydrogen-bond donors (Lipinski definition) is 1. The molecule has 1 N–H and O–H groups in total. The molecule has 0 aliphatic heterocycles. The Morgan fingerprint density at radius 2 is 2.17 bits per heavy atom. The summed E-state index contributed by atoms with van der Waals surface area (Å²) >= 11 is 0. The van der Waals surface area contributed by atoms with Gasteiger partial charge in [-0.1, -0.05) is 0 Å². The van der Waals surface area contributed by atoms with Gasteiger partial charge in [0.1, 0.15) is 0 Å². The van der Waals surface area contributed by atoms with Gasteiger partial charge in [0.15, 0.2) is 6.61 Å². The van der Waals surface area contributed by atoms with Crippen LogP contribution in [-0.2, 0) is 6.54 Å². The molecule has 0 unspecified atom stereocenters. The third-order valence-corrected chi connectivity index (χ3v) is 2.58. The number of nitrogens with one attached hydrogen (secondary N) is 1. The Labute approximate surface area is 103 Å². The lowest BCUT2D eigenvalue weighted by molar-refractivity contribution is -0.154. The monoisotopic (exact) mass is 261 g/mol. The zero-order valence-electron chi connectivity index (χ0n) is 9.92. The first-order valence-electron chi connectivity index (χ1n) is 5.69. The SMILES string of the molecule is Cc1nc(OCC(F)(F)F)ncc1CNC1CC1. The van der Waals surface area contributed by atoms with Gasteiger partial charge in [-0.25, -0.2) is 9.97 Å². The van der Waals surface area contributed by atoms with E-state index in [2.05, 4.69) is 20.0 Å². The molecule has 1 saturated carbocycles. The summed E-state index contributed by atoms with van der Waals surface area (Å²) in [6, 6.07) is 0.325. The van der Waals surface area contributed by atoms with Crippen LogP contribution in [0.4, 0.5) is 13.2 Å². The van der Waals surface area contributed by atoms with Gasteiger partial charge >= 0.3 is 12.2 Å². The maximum absolute atomic E-state index is 11.9. The summed E-state index contributed by atoms with van der Waals surface area (Å²) in [7, 11) is 0. The molecule has 1 heterocycles. The largest absolute Gasteiger partial charge is 0.454 e. The van der Waals surface area contributed by atoms with E-state index in [-0.39, 0.29) is 6.01 Å². The molecule has 1 aromatic heterocycles. The Morgan fingerprint density at radius 3 is 2.72 bits per heavy atom. The van der Waals surface area contributed by atoms with Gasteiger partial charge in [0.05, 0.1) is 0 Å². The first-order chi connectivity index (χ1) is 8.44. The molecule has 0 radical (unpaired) electrons. The minimum atomic E-state index is -4.37. The predicted octanol–water partition coefficient (Wildman–Crippen LogP) is 1.98. The molecule has 18 heavy (non-hydrogen) atoms. The molecule has 1 fully saturated rings. The second-order valence-electron chi connectivity index (χ2n) is 4.32. The van der Waals surface area contributed by atoms with Crippen molar-refractivity contribution in [2.75, 3.05) is 6.61 Å². The molecule has 1 aromatic rings. The molecule has 1 aliphatic carbocycles. The summed E-state index contributed by atoms with van der Waals surface area (Å²) in [5.41, 5.74) is 1.51. The molecular formula is C11H14F3N3O. The van der Waals surface area contributed by atoms with Crippen LogP contribution in [-0.4, -0.2) is 28.8 Å². The van der Waals surface area contributed by atoms with E-state index in [1.54, 1.807) is 6.92 Å². The van der Waals surface area contributed by atoms with Crippen molar-refractivity contribution in [1.82, 2.24) is 15.3 Å². The number of nitrogens with zero attached hydrogens (tertiary/aromatic N) is 2. The number of aryl methyl sites for hydroxylation is 1. The smallest absolute Gasteiger partial charge is 0.422 e. The molecule has 2 rings (SSSR count). The quantitative estimate of drug-likeness (QED) is 0.880. The van der Waals surface area contributed by atoms with Crippen molar-refractivity contribution in [2.24, 2.45) is 0 Å². The number of halogens is 3. The summed E-state index contributed by atoms with van der Waals surface area (Å²) in [6.07, 6.45) is -0.522. The molecule has 0 atom stereocenters. The average molecular weight is 261 g/mol. The summed E-state index contributed by atoms with van der Waals surface area (Å²) in [6.45, 7) is 0.994. The van der Waals surface area contributed by atoms with Crippen LogP contribution in [0.1, 0.15) is 24.1 Å². The zero-order valence-corrected chi connectivity index (χ0v) is 9.92. The summed E-state index contributed by atoms with van der Waals surface area (Å²) in [5.74, 6) is 0. The first-order valence-corrected chi connectivity index (χ1v) is 5.69. The highest BCUT2D eigenvalue weighted by molar-refractivity contribution is 5.18. The molecule has 0 amide bonds. The molecule has 0 bridgehead atoms. The molecule has 0 spiro atoms. The highest BCUT2D eigenvalue weighted by Crippen LogP contribution is 2.20. The third kappa shape index (κ3) is 4.14. The predicted molar refractivity (Wildman–Crippen MR) is 58.2 cm³/mol. The van der Waals surface area contributed by atoms with Gasteiger partial charge in [0, 0.05) is 30.0 Å². The van der Waals surface area contributed by atoms with Gasteiger partial charge in [0.2, 0.25) is 0 Å². The molecular weight excluding hydrogens is 247 g/mol. The fraction of sp³-hybridized carbons (Fsp3) is 0.636. The van der Waals surface area contributed by atoms with Crippen molar-refractivity contribution in [1.29, 1.82) is 0 Å². The van der Waals surface area contributed by atoms with Crippen LogP contribution in [0.5, 0.6) is 6.01 Å². The van der Waals surface area contributed by atoms with Gasteiger partial charge in [0.25, 0.3) is 0 Å². The number of alkyl halides is 3. The second-order valence-corrected chi connectivity index (χ2v) is 4.32. The minimum Gasteiger partial charge on any atom is -0.454 e. The summed E-state index contributed by atoms with van der Waals surface area (Å²) in [4.78, 5) is 7.67. The van der Waals surface area contributed by atoms with Crippen molar-refractivity contribution < 1.29 is 17.9 Å². The van der Waals surface area contributed by atoms with Gasteiger partial charge < -0.3 is 10.1 Å². The Kier molecular flexibility index (Phi) is 3.70. The molecule has 1 aliphatic rings. The van der Waals surface area contributed by atoms with Gasteiger partial charge in [-0.05, 0) is 19.8 Å². The first kappa shape index (κ1) is 13.1. The van der Waals surface area contributed by atoms with Crippen molar-refractivity contribution in [3.63, 3.8) is 0 Å². The average Bonchev–Trinajstić information content (AvgIpc) is 3.08. The topological polar surface area (TPSA) is 47.0 Å². The van der Waals surface area contributed by atoms with Crippen molar-refractivity contribution in [3.8, 4) is 6.01 Å². The van der Waals surface area contributed by atoms with Crippen LogP contribution in [0.2, 0.25) is 0 Å². The van der Waals surface area contributed by atoms with Crippen molar-refractivity contribution in [2.45, 2.75) is 38.5 Å². The highest BCUT2D eigenvalue weighted by atomic mass is 19.4. The van der Waals surface area contributed by atoms with Crippen LogP contribution < -0.4 is 10.1 Å². The Balaban J connectivity index is 1.91. The fourth-order valence-electron chi connectivity index (χ4n) is 1.40. The lowest BCUT2D eigenvalue weighted by Gasteiger charge is -2.10. The van der Waals surface area contributed by atoms with E-state index >= 15 is 0 Å². The maximum Gasteiger partial charge on any atom is 0.422 e. The van der Waals surface area contributed by atoms with E-state index in [4.69, 9.17) is 0 Å². The van der Waals surface area contributed by atoms with Gasteiger partial charge in [-0.3, -0.25) is 0 Å². The Bertz CT molecular complexity index is 418. The van der Waals surface area contributed by atoms with Crippen LogP contribution >= 0.6 is 0 Å². The standard InChI is InChI=1S/C11H14F3N3O/c1-7-8(4-15-9-2-3-9)5-16-10(17-7)18-6-11(12,13)14/h5,9,15H,2-4,6H2,1H3. The number of rotatable bonds is 5. The normalized spacial score (nSPS) is 15.8. The van der Waals surface area contributed by atoms with E-state index in [0.717, 1.165) is 5.56 Å². The van der Waals surface area contributed by atoms with Gasteiger partial charge in [-0.15, -0.1) is 0 Å². The van der Waals surface area contributed by atoms with Crippen molar-refractivity contribution >= 4 is 0 Å². The van der Waals surface area contributed by atoms with E-state index in [1.165, 1.54) is 19.0 Å². The van der Waals surface area contributed by atoms with Crippen LogP contribution in [0, 0.1) is 6.92 Å². The Hall–Kier alpha value is -1.37. The highest BCUT2D eigenvalue weighted by Gasteiger charge is 2.29. The van der Waals surface area contributed by atoms with E-state index in [1.807, 2.05) is 0 Å². The maximum atomic E-state index is 11.9. The lowest BCUT2D eigenvalue weighted by atomic mass is 10.2. The van der Waals surface area contributed by atoms with E-state index in [0.29, 0.717) is 18.3 Å². The van der Waals surface area contributed by atoms with Gasteiger partial charge in [-0.2, -0.15) is 13.2 Å². The Morgan fingerprint density at radius 1 is 1.44 bits per heavy atom. The van der Waals surface area contributed by atoms with Crippen molar-refractivity contribution in [3.05, 3.63) is 17.5 Å². The number of hydrogen-bond acceptors (Lipinski definition) is 4. The molecule has 0 aromatic carbocycles. The van der Waals surface area contributed by atoms with Crippen LogP contribution in [0.25, 0.3) is 0 Å². The summed E-state index contributed by atoms with van der Waals surface area (Å²) < 4.78 is 40.3. The molecule has 4 nitrogen and oxygen atoms in total. The van der Waals surface area contributed by atoms with Crippen LogP contribution in [0.3, 0.4) is 0 Å². The zero-order chi connectivity index (χ0) is 13.2. The molecule has 0 saturated heterocycles. The van der Waals surface area contributed by atoms with Crippen LogP contribution in [0.15, 0.2) is 6.20 Å². The number of aromatic nitrogens is 2.